The van der Waals surface area contributed by atoms with Gasteiger partial charge in [-0.2, -0.15) is 0 Å². The molecule has 53 heavy (non-hydrogen) atoms. The van der Waals surface area contributed by atoms with Gasteiger partial charge in [-0.05, 0) is 58.7 Å². The van der Waals surface area contributed by atoms with E-state index < -0.39 is 0 Å². The fourth-order valence-electron chi connectivity index (χ4n) is 8.48. The lowest BCUT2D eigenvalue weighted by Crippen LogP contribution is -2.14. The second-order valence-corrected chi connectivity index (χ2v) is 15.5. The molecule has 7 aromatic carbocycles. The van der Waals surface area contributed by atoms with E-state index in [1.807, 2.05) is 36.4 Å². The molecule has 0 atom stereocenters. The molecule has 0 radical (unpaired) electrons. The number of hydrogen-bond acceptors (Lipinski definition) is 4. The zero-order valence-corrected chi connectivity index (χ0v) is 30.0. The number of hydrogen-bond donors (Lipinski definition) is 0. The molecule has 0 bridgehead atoms. The van der Waals surface area contributed by atoms with Crippen molar-refractivity contribution in [2.45, 2.75) is 19.3 Å². The highest BCUT2D eigenvalue weighted by molar-refractivity contribution is 7.26. The Morgan fingerprint density at radius 1 is 0.453 bits per heavy atom. The summed E-state index contributed by atoms with van der Waals surface area (Å²) in [7, 11) is 0. The van der Waals surface area contributed by atoms with Gasteiger partial charge in [0.25, 0.3) is 0 Å². The molecule has 0 N–H and O–H groups in total. The largest absolute Gasteiger partial charge is 0.309 e. The van der Waals surface area contributed by atoms with Crippen LogP contribution in [0.4, 0.5) is 0 Å². The average molecular weight is 697 g/mol. The van der Waals surface area contributed by atoms with Crippen molar-refractivity contribution in [1.29, 1.82) is 0 Å². The fourth-order valence-corrected chi connectivity index (χ4v) is 9.67. The Morgan fingerprint density at radius 2 is 1.08 bits per heavy atom. The first kappa shape index (κ1) is 30.2. The minimum Gasteiger partial charge on any atom is -0.309 e. The van der Waals surface area contributed by atoms with E-state index in [1.165, 1.54) is 59.5 Å². The Hall–Kier alpha value is -6.43. The SMILES string of the molecule is CC1(C)c2ccccc2-c2cc3c4ccccc4n(-c4cc(-c5nc(-c6ccccc6)nc(-c6ccccc6)n5)c5sc6ccccc6c5c4)c3cc21. The van der Waals surface area contributed by atoms with Gasteiger partial charge < -0.3 is 4.57 Å². The molecule has 0 spiro atoms. The van der Waals surface area contributed by atoms with Crippen molar-refractivity contribution in [3.05, 3.63) is 169 Å². The van der Waals surface area contributed by atoms with E-state index in [2.05, 4.69) is 140 Å². The maximum absolute atomic E-state index is 5.23. The summed E-state index contributed by atoms with van der Waals surface area (Å²) in [6, 6.07) is 56.4. The molecule has 5 heteroatoms. The van der Waals surface area contributed by atoms with Gasteiger partial charge in [-0.1, -0.05) is 135 Å². The molecule has 4 nitrogen and oxygen atoms in total. The Morgan fingerprint density at radius 3 is 1.83 bits per heavy atom. The van der Waals surface area contributed by atoms with Crippen molar-refractivity contribution in [3.8, 4) is 51.0 Å². The third-order valence-corrected chi connectivity index (χ3v) is 12.3. The van der Waals surface area contributed by atoms with Crippen LogP contribution in [-0.4, -0.2) is 19.5 Å². The van der Waals surface area contributed by atoms with Crippen molar-refractivity contribution >= 4 is 53.3 Å². The molecule has 0 amide bonds. The molecule has 0 unspecified atom stereocenters. The summed E-state index contributed by atoms with van der Waals surface area (Å²) in [5.74, 6) is 1.97. The molecule has 3 heterocycles. The standard InChI is InChI=1S/C48H32N4S/c1-48(2)39-22-12-9-19-32(39)35-27-36-33-20-10-13-23-41(33)52(42(36)28-40(35)48)31-25-37-34-21-11-14-24-43(34)53-44(37)38(26-31)47-50-45(29-15-5-3-6-16-29)49-46(51-47)30-17-7-4-8-18-30/h3-28H,1-2H3. The molecule has 0 saturated heterocycles. The number of aromatic nitrogens is 4. The van der Waals surface area contributed by atoms with Crippen LogP contribution in [-0.2, 0) is 5.41 Å². The van der Waals surface area contributed by atoms with Crippen molar-refractivity contribution in [3.63, 3.8) is 0 Å². The molecule has 3 aromatic heterocycles. The zero-order chi connectivity index (χ0) is 35.3. The van der Waals surface area contributed by atoms with Gasteiger partial charge in [-0.3, -0.25) is 0 Å². The topological polar surface area (TPSA) is 43.6 Å². The summed E-state index contributed by atoms with van der Waals surface area (Å²) in [4.78, 5) is 15.5. The highest BCUT2D eigenvalue weighted by Gasteiger charge is 2.36. The van der Waals surface area contributed by atoms with Gasteiger partial charge in [0.2, 0.25) is 0 Å². The van der Waals surface area contributed by atoms with Crippen LogP contribution in [0.5, 0.6) is 0 Å². The first-order valence-electron chi connectivity index (χ1n) is 18.0. The molecule has 0 fully saturated rings. The van der Waals surface area contributed by atoms with Crippen LogP contribution in [0, 0.1) is 0 Å². The Labute approximate surface area is 310 Å². The number of fused-ring (bicyclic) bond motifs is 9. The van der Waals surface area contributed by atoms with Gasteiger partial charge in [0.05, 0.1) is 11.0 Å². The molecule has 1 aliphatic rings. The quantitative estimate of drug-likeness (QED) is 0.184. The van der Waals surface area contributed by atoms with Gasteiger partial charge >= 0.3 is 0 Å². The van der Waals surface area contributed by atoms with Gasteiger partial charge in [-0.15, -0.1) is 11.3 Å². The van der Waals surface area contributed by atoms with Gasteiger partial charge in [0.1, 0.15) is 0 Å². The number of benzene rings is 7. The highest BCUT2D eigenvalue weighted by Crippen LogP contribution is 2.51. The van der Waals surface area contributed by atoms with Crippen molar-refractivity contribution in [2.75, 3.05) is 0 Å². The fraction of sp³-hybridized carbons (Fsp3) is 0.0625. The molecule has 250 valence electrons. The lowest BCUT2D eigenvalue weighted by atomic mass is 9.82. The molecule has 11 rings (SSSR count). The molecular formula is C48H32N4S. The second kappa shape index (κ2) is 11.3. The summed E-state index contributed by atoms with van der Waals surface area (Å²) in [5.41, 5.74) is 11.6. The first-order valence-corrected chi connectivity index (χ1v) is 18.9. The summed E-state index contributed by atoms with van der Waals surface area (Å²) in [5, 5.41) is 4.92. The number of rotatable bonds is 4. The van der Waals surface area contributed by atoms with Crippen molar-refractivity contribution < 1.29 is 0 Å². The summed E-state index contributed by atoms with van der Waals surface area (Å²) >= 11 is 1.80. The zero-order valence-electron chi connectivity index (χ0n) is 29.2. The molecular weight excluding hydrogens is 665 g/mol. The van der Waals surface area contributed by atoms with Crippen molar-refractivity contribution in [1.82, 2.24) is 19.5 Å². The van der Waals surface area contributed by atoms with Gasteiger partial charge in [0.15, 0.2) is 17.5 Å². The van der Waals surface area contributed by atoms with E-state index in [0.29, 0.717) is 17.5 Å². The lowest BCUT2D eigenvalue weighted by molar-refractivity contribution is 0.661. The van der Waals surface area contributed by atoms with Crippen LogP contribution >= 0.6 is 11.3 Å². The number of thiophene rings is 1. The number of nitrogens with zero attached hydrogens (tertiary/aromatic N) is 4. The Kier molecular flexibility index (Phi) is 6.43. The van der Waals surface area contributed by atoms with Crippen LogP contribution in [0.3, 0.4) is 0 Å². The van der Waals surface area contributed by atoms with E-state index in [4.69, 9.17) is 15.0 Å². The van der Waals surface area contributed by atoms with Crippen LogP contribution in [0.1, 0.15) is 25.0 Å². The Balaban J connectivity index is 1.24. The summed E-state index contributed by atoms with van der Waals surface area (Å²) < 4.78 is 4.86. The average Bonchev–Trinajstić information content (AvgIpc) is 3.82. The van der Waals surface area contributed by atoms with Gasteiger partial charge in [-0.25, -0.2) is 15.0 Å². The molecule has 0 aliphatic heterocycles. The molecule has 10 aromatic rings. The van der Waals surface area contributed by atoms with Gasteiger partial charge in [0, 0.05) is 58.7 Å². The first-order chi connectivity index (χ1) is 26.0. The minimum absolute atomic E-state index is 0.118. The molecule has 0 saturated carbocycles. The smallest absolute Gasteiger partial charge is 0.165 e. The van der Waals surface area contributed by atoms with E-state index in [0.717, 1.165) is 27.1 Å². The maximum atomic E-state index is 5.23. The van der Waals surface area contributed by atoms with E-state index >= 15 is 0 Å². The minimum atomic E-state index is -0.118. The van der Waals surface area contributed by atoms with Crippen LogP contribution in [0.2, 0.25) is 0 Å². The lowest BCUT2D eigenvalue weighted by Gasteiger charge is -2.21. The van der Waals surface area contributed by atoms with Crippen LogP contribution < -0.4 is 0 Å². The summed E-state index contributed by atoms with van der Waals surface area (Å²) in [6.07, 6.45) is 0. The summed E-state index contributed by atoms with van der Waals surface area (Å²) in [6.45, 7) is 4.71. The molecule has 1 aliphatic carbocycles. The van der Waals surface area contributed by atoms with E-state index in [1.54, 1.807) is 11.3 Å². The third kappa shape index (κ3) is 4.51. The van der Waals surface area contributed by atoms with Crippen LogP contribution in [0.15, 0.2) is 158 Å². The monoisotopic (exact) mass is 696 g/mol. The highest BCUT2D eigenvalue weighted by atomic mass is 32.1. The maximum Gasteiger partial charge on any atom is 0.165 e. The predicted octanol–water partition coefficient (Wildman–Crippen LogP) is 12.6. The van der Waals surface area contributed by atoms with E-state index in [-0.39, 0.29) is 5.41 Å². The number of para-hydroxylation sites is 1. The second-order valence-electron chi connectivity index (χ2n) is 14.4. The van der Waals surface area contributed by atoms with Crippen molar-refractivity contribution in [2.24, 2.45) is 0 Å². The predicted molar refractivity (Wildman–Crippen MR) is 221 cm³/mol. The van der Waals surface area contributed by atoms with E-state index in [9.17, 15) is 0 Å². The normalized spacial score (nSPS) is 13.2. The Bertz CT molecular complexity index is 3020. The third-order valence-electron chi connectivity index (χ3n) is 11.0. The van der Waals surface area contributed by atoms with Crippen LogP contribution in [0.25, 0.3) is 93.0 Å².